The Morgan fingerprint density at radius 2 is 1.72 bits per heavy atom. The highest BCUT2D eigenvalue weighted by molar-refractivity contribution is 6.13. The van der Waals surface area contributed by atoms with E-state index in [1.165, 1.54) is 11.6 Å². The van der Waals surface area contributed by atoms with Gasteiger partial charge < -0.3 is 14.8 Å². The predicted molar refractivity (Wildman–Crippen MR) is 135 cm³/mol. The molecule has 0 aliphatic rings. The lowest BCUT2D eigenvalue weighted by Gasteiger charge is -2.14. The molecule has 2 aromatic heterocycles. The number of hydrogen-bond donors (Lipinski definition) is 1. The van der Waals surface area contributed by atoms with Crippen molar-refractivity contribution in [2.45, 2.75) is 27.3 Å². The number of methoxy groups -OCH3 is 1. The van der Waals surface area contributed by atoms with Crippen molar-refractivity contribution in [3.8, 4) is 16.9 Å². The highest BCUT2D eigenvalue weighted by Gasteiger charge is 2.27. The van der Waals surface area contributed by atoms with Crippen molar-refractivity contribution in [2.24, 2.45) is 0 Å². The van der Waals surface area contributed by atoms with Gasteiger partial charge in [0.15, 0.2) is 17.2 Å². The van der Waals surface area contributed by atoms with Crippen molar-refractivity contribution in [2.75, 3.05) is 19.0 Å². The van der Waals surface area contributed by atoms with Gasteiger partial charge in [0.2, 0.25) is 5.91 Å². The molecule has 0 aliphatic carbocycles. The number of nitrogens with one attached hydrogen (secondary N) is 1. The van der Waals surface area contributed by atoms with Crippen LogP contribution >= 0.6 is 0 Å². The summed E-state index contributed by atoms with van der Waals surface area (Å²) >= 11 is 0. The lowest BCUT2D eigenvalue weighted by molar-refractivity contribution is -0.114. The minimum atomic E-state index is -0.544. The Balaban J connectivity index is 2.00. The molecule has 9 nitrogen and oxygen atoms in total. The van der Waals surface area contributed by atoms with Crippen molar-refractivity contribution in [1.82, 2.24) is 14.8 Å². The molecule has 184 valence electrons. The smallest absolute Gasteiger partial charge is 0.340 e. The van der Waals surface area contributed by atoms with Crippen molar-refractivity contribution < 1.29 is 23.9 Å². The maximum absolute atomic E-state index is 13.1. The number of carbonyl (C=O) groups is 3. The number of esters is 1. The maximum Gasteiger partial charge on any atom is 0.340 e. The number of amides is 1. The molecule has 36 heavy (non-hydrogen) atoms. The highest BCUT2D eigenvalue weighted by Crippen LogP contribution is 2.38. The van der Waals surface area contributed by atoms with Gasteiger partial charge in [0.05, 0.1) is 30.4 Å². The molecule has 0 radical (unpaired) electrons. The van der Waals surface area contributed by atoms with Crippen LogP contribution in [0, 0.1) is 6.92 Å². The number of ether oxygens (including phenoxy) is 2. The fourth-order valence-corrected chi connectivity index (χ4v) is 4.03. The van der Waals surface area contributed by atoms with Gasteiger partial charge in [-0.15, -0.1) is 0 Å². The van der Waals surface area contributed by atoms with E-state index in [4.69, 9.17) is 9.47 Å². The summed E-state index contributed by atoms with van der Waals surface area (Å²) in [4.78, 5) is 42.8. The Kier molecular flexibility index (Phi) is 7.10. The number of pyridine rings is 1. The van der Waals surface area contributed by atoms with E-state index >= 15 is 0 Å². The Labute approximate surface area is 208 Å². The topological polar surface area (TPSA) is 112 Å². The minimum Gasteiger partial charge on any atom is -0.497 e. The van der Waals surface area contributed by atoms with Crippen LogP contribution in [0.5, 0.6) is 5.75 Å². The molecule has 0 saturated carbocycles. The standard InChI is InChI=1S/C27H26N4O5/c1-5-36-27(34)22-16(2)28-26-24(23(22)19-11-13-20(35-4)14-12-19)25(29-17(3)32)30-31(26)15-21(33)18-9-7-6-8-10-18/h6-14H,5,15H2,1-4H3,(H,29,30,32). The molecule has 9 heteroatoms. The monoisotopic (exact) mass is 486 g/mol. The van der Waals surface area contributed by atoms with Crippen LogP contribution in [0.2, 0.25) is 0 Å². The number of ketones is 1. The summed E-state index contributed by atoms with van der Waals surface area (Å²) in [5, 5.41) is 7.69. The van der Waals surface area contributed by atoms with Crippen LogP contribution in [0.3, 0.4) is 0 Å². The van der Waals surface area contributed by atoms with E-state index in [1.54, 1.807) is 69.5 Å². The number of Topliss-reactive ketones (excluding diaryl/α,β-unsaturated/α-hetero) is 1. The number of aryl methyl sites for hydroxylation is 1. The Hall–Kier alpha value is -4.53. The first-order chi connectivity index (χ1) is 17.3. The maximum atomic E-state index is 13.1. The molecule has 0 fully saturated rings. The van der Waals surface area contributed by atoms with Crippen LogP contribution in [0.25, 0.3) is 22.2 Å². The fraction of sp³-hybridized carbons (Fsp3) is 0.222. The number of carbonyl (C=O) groups excluding carboxylic acids is 3. The van der Waals surface area contributed by atoms with Gasteiger partial charge in [-0.1, -0.05) is 42.5 Å². The largest absolute Gasteiger partial charge is 0.497 e. The third-order valence-electron chi connectivity index (χ3n) is 5.60. The van der Waals surface area contributed by atoms with E-state index in [0.717, 1.165) is 0 Å². The van der Waals surface area contributed by atoms with Crippen LogP contribution in [0.15, 0.2) is 54.6 Å². The van der Waals surface area contributed by atoms with Gasteiger partial charge in [-0.05, 0) is 31.5 Å². The number of benzene rings is 2. The second kappa shape index (κ2) is 10.4. The van der Waals surface area contributed by atoms with Crippen LogP contribution in [0.4, 0.5) is 5.82 Å². The normalized spacial score (nSPS) is 10.8. The molecular formula is C27H26N4O5. The van der Waals surface area contributed by atoms with Crippen LogP contribution in [-0.4, -0.2) is 46.1 Å². The molecular weight excluding hydrogens is 460 g/mol. The summed E-state index contributed by atoms with van der Waals surface area (Å²) in [6.07, 6.45) is 0. The zero-order chi connectivity index (χ0) is 25.8. The van der Waals surface area contributed by atoms with E-state index in [2.05, 4.69) is 15.4 Å². The fourth-order valence-electron chi connectivity index (χ4n) is 4.03. The van der Waals surface area contributed by atoms with Crippen LogP contribution in [-0.2, 0) is 16.1 Å². The first-order valence-electron chi connectivity index (χ1n) is 11.4. The SMILES string of the molecule is CCOC(=O)c1c(C)nc2c(c(NC(C)=O)nn2CC(=O)c2ccccc2)c1-c1ccc(OC)cc1. The number of aromatic nitrogens is 3. The van der Waals surface area contributed by atoms with Crippen molar-refractivity contribution in [3.63, 3.8) is 0 Å². The van der Waals surface area contributed by atoms with E-state index < -0.39 is 5.97 Å². The first-order valence-corrected chi connectivity index (χ1v) is 11.4. The molecule has 1 N–H and O–H groups in total. The summed E-state index contributed by atoms with van der Waals surface area (Å²) < 4.78 is 12.1. The van der Waals surface area contributed by atoms with Gasteiger partial charge in [0, 0.05) is 18.1 Å². The summed E-state index contributed by atoms with van der Waals surface area (Å²) in [5.41, 5.74) is 2.73. The molecule has 0 aliphatic heterocycles. The van der Waals surface area contributed by atoms with Crippen molar-refractivity contribution in [3.05, 3.63) is 71.4 Å². The van der Waals surface area contributed by atoms with Crippen molar-refractivity contribution in [1.29, 1.82) is 0 Å². The molecule has 1 amide bonds. The third kappa shape index (κ3) is 4.81. The average Bonchev–Trinajstić information content (AvgIpc) is 3.19. The van der Waals surface area contributed by atoms with E-state index in [1.807, 2.05) is 6.07 Å². The van der Waals surface area contributed by atoms with Gasteiger partial charge in [-0.25, -0.2) is 14.5 Å². The van der Waals surface area contributed by atoms with Crippen molar-refractivity contribution >= 4 is 34.5 Å². The Morgan fingerprint density at radius 1 is 1.03 bits per heavy atom. The number of nitrogens with zero attached hydrogens (tertiary/aromatic N) is 3. The molecule has 4 rings (SSSR count). The highest BCUT2D eigenvalue weighted by atomic mass is 16.5. The van der Waals surface area contributed by atoms with Crippen LogP contribution in [0.1, 0.15) is 40.3 Å². The number of anilines is 1. The molecule has 0 bridgehead atoms. The number of hydrogen-bond acceptors (Lipinski definition) is 7. The van der Waals surface area contributed by atoms with Crippen LogP contribution < -0.4 is 10.1 Å². The molecule has 0 spiro atoms. The molecule has 0 atom stereocenters. The number of rotatable bonds is 8. The Morgan fingerprint density at radius 3 is 2.33 bits per heavy atom. The molecule has 4 aromatic rings. The quantitative estimate of drug-likeness (QED) is 0.289. The van der Waals surface area contributed by atoms with E-state index in [9.17, 15) is 14.4 Å². The summed E-state index contributed by atoms with van der Waals surface area (Å²) in [6, 6.07) is 16.0. The minimum absolute atomic E-state index is 0.104. The van der Waals surface area contributed by atoms with Gasteiger partial charge in [-0.2, -0.15) is 5.10 Å². The second-order valence-electron chi connectivity index (χ2n) is 8.07. The average molecular weight is 487 g/mol. The molecule has 2 aromatic carbocycles. The zero-order valence-electron chi connectivity index (χ0n) is 20.5. The Bertz CT molecular complexity index is 1440. The van der Waals surface area contributed by atoms with Gasteiger partial charge in [0.25, 0.3) is 0 Å². The molecule has 2 heterocycles. The molecule has 0 saturated heterocycles. The first kappa shape index (κ1) is 24.6. The lowest BCUT2D eigenvalue weighted by Crippen LogP contribution is -2.14. The lowest BCUT2D eigenvalue weighted by atomic mass is 9.95. The third-order valence-corrected chi connectivity index (χ3v) is 5.60. The molecule has 0 unspecified atom stereocenters. The number of fused-ring (bicyclic) bond motifs is 1. The van der Waals surface area contributed by atoms with Gasteiger partial charge in [0.1, 0.15) is 12.3 Å². The van der Waals surface area contributed by atoms with Gasteiger partial charge >= 0.3 is 5.97 Å². The van der Waals surface area contributed by atoms with E-state index in [-0.39, 0.29) is 36.2 Å². The zero-order valence-corrected chi connectivity index (χ0v) is 20.5. The predicted octanol–water partition coefficient (Wildman–Crippen LogP) is 4.43. The van der Waals surface area contributed by atoms with Gasteiger partial charge in [-0.3, -0.25) is 9.59 Å². The summed E-state index contributed by atoms with van der Waals surface area (Å²) in [7, 11) is 1.57. The summed E-state index contributed by atoms with van der Waals surface area (Å²) in [5.74, 6) is -0.229. The summed E-state index contributed by atoms with van der Waals surface area (Å²) in [6.45, 7) is 4.87. The van der Waals surface area contributed by atoms with E-state index in [0.29, 0.717) is 39.2 Å². The second-order valence-corrected chi connectivity index (χ2v) is 8.07.